The molecule has 0 bridgehead atoms. The molecule has 1 N–H and O–H groups in total. The van der Waals surface area contributed by atoms with Gasteiger partial charge >= 0.3 is 0 Å². The smallest absolute Gasteiger partial charge is 0.227 e. The first-order chi connectivity index (χ1) is 9.70. The summed E-state index contributed by atoms with van der Waals surface area (Å²) in [5, 5.41) is 3.18. The van der Waals surface area contributed by atoms with Crippen LogP contribution in [0.1, 0.15) is 57.4 Å². The molecule has 0 aliphatic heterocycles. The van der Waals surface area contributed by atoms with Gasteiger partial charge in [-0.3, -0.25) is 4.79 Å². The molecule has 110 valence electrons. The Morgan fingerprint density at radius 1 is 1.20 bits per heavy atom. The van der Waals surface area contributed by atoms with Gasteiger partial charge in [0.25, 0.3) is 0 Å². The Balaban J connectivity index is 1.84. The van der Waals surface area contributed by atoms with E-state index in [0.717, 1.165) is 24.4 Å². The van der Waals surface area contributed by atoms with Crippen molar-refractivity contribution in [2.75, 3.05) is 6.54 Å². The van der Waals surface area contributed by atoms with Crippen molar-refractivity contribution in [2.45, 2.75) is 51.9 Å². The van der Waals surface area contributed by atoms with Gasteiger partial charge in [-0.2, -0.15) is 0 Å². The van der Waals surface area contributed by atoms with E-state index in [1.165, 1.54) is 25.7 Å². The van der Waals surface area contributed by atoms with E-state index in [4.69, 9.17) is 0 Å². The molecule has 0 aromatic heterocycles. The van der Waals surface area contributed by atoms with Crippen LogP contribution in [0.4, 0.5) is 0 Å². The van der Waals surface area contributed by atoms with Crippen LogP contribution in [0.2, 0.25) is 0 Å². The summed E-state index contributed by atoms with van der Waals surface area (Å²) in [5.41, 5.74) is 1.13. The maximum atomic E-state index is 12.4. The molecular weight excluding hydrogens is 246 g/mol. The summed E-state index contributed by atoms with van der Waals surface area (Å²) in [6.07, 6.45) is 6.03. The summed E-state index contributed by atoms with van der Waals surface area (Å²) < 4.78 is 0. The van der Waals surface area contributed by atoms with Gasteiger partial charge in [-0.1, -0.05) is 57.0 Å². The average molecular weight is 273 g/mol. The second kappa shape index (κ2) is 7.47. The zero-order chi connectivity index (χ0) is 14.4. The van der Waals surface area contributed by atoms with Crippen molar-refractivity contribution >= 4 is 5.91 Å². The van der Waals surface area contributed by atoms with Crippen LogP contribution in [0.25, 0.3) is 0 Å². The minimum Gasteiger partial charge on any atom is -0.355 e. The van der Waals surface area contributed by atoms with Gasteiger partial charge < -0.3 is 5.32 Å². The molecule has 2 heteroatoms. The molecule has 1 unspecified atom stereocenters. The van der Waals surface area contributed by atoms with E-state index in [9.17, 15) is 4.79 Å². The second-order valence-corrected chi connectivity index (χ2v) is 6.24. The molecule has 2 nitrogen and oxygen atoms in total. The van der Waals surface area contributed by atoms with Crippen LogP contribution in [-0.2, 0) is 4.79 Å². The van der Waals surface area contributed by atoms with E-state index in [2.05, 4.69) is 31.3 Å². The maximum Gasteiger partial charge on any atom is 0.227 e. The Kier molecular flexibility index (Phi) is 5.63. The number of amides is 1. The maximum absolute atomic E-state index is 12.4. The van der Waals surface area contributed by atoms with Gasteiger partial charge in [-0.15, -0.1) is 0 Å². The number of benzene rings is 1. The fourth-order valence-corrected chi connectivity index (χ4v) is 3.16. The first-order valence-electron chi connectivity index (χ1n) is 8.03. The van der Waals surface area contributed by atoms with Crippen molar-refractivity contribution in [1.82, 2.24) is 5.32 Å². The third-order valence-corrected chi connectivity index (χ3v) is 4.63. The Hall–Kier alpha value is -1.31. The van der Waals surface area contributed by atoms with Crippen molar-refractivity contribution in [2.24, 2.45) is 11.8 Å². The molecule has 0 spiro atoms. The molecule has 2 rings (SSSR count). The highest BCUT2D eigenvalue weighted by Crippen LogP contribution is 2.28. The van der Waals surface area contributed by atoms with Crippen LogP contribution in [0.5, 0.6) is 0 Å². The molecule has 0 radical (unpaired) electrons. The molecule has 1 aromatic rings. The van der Waals surface area contributed by atoms with Crippen LogP contribution in [0.15, 0.2) is 30.3 Å². The van der Waals surface area contributed by atoms with E-state index in [-0.39, 0.29) is 11.8 Å². The minimum absolute atomic E-state index is 0.00119. The van der Waals surface area contributed by atoms with Gasteiger partial charge in [0, 0.05) is 6.54 Å². The molecule has 1 fully saturated rings. The lowest BCUT2D eigenvalue weighted by Crippen LogP contribution is -2.34. The molecular formula is C18H27NO. The predicted octanol–water partition coefficient (Wildman–Crippen LogP) is 4.12. The predicted molar refractivity (Wildman–Crippen MR) is 83.6 cm³/mol. The number of nitrogens with one attached hydrogen (secondary N) is 1. The second-order valence-electron chi connectivity index (χ2n) is 6.24. The Morgan fingerprint density at radius 2 is 1.85 bits per heavy atom. The van der Waals surface area contributed by atoms with E-state index in [1.54, 1.807) is 0 Å². The molecule has 1 aliphatic rings. The fraction of sp³-hybridized carbons (Fsp3) is 0.611. The standard InChI is InChI=1S/C18H27NO/c1-3-17(16-7-5-4-6-8-16)18(20)19-13-15-11-9-14(2)10-12-15/h4-8,14-15,17H,3,9-13H2,1-2H3,(H,19,20). The molecule has 1 aromatic carbocycles. The van der Waals surface area contributed by atoms with Crippen molar-refractivity contribution in [3.63, 3.8) is 0 Å². The van der Waals surface area contributed by atoms with E-state index in [1.807, 2.05) is 18.2 Å². The number of hydrogen-bond donors (Lipinski definition) is 1. The summed E-state index contributed by atoms with van der Waals surface area (Å²) >= 11 is 0. The molecule has 0 saturated heterocycles. The van der Waals surface area contributed by atoms with Crippen LogP contribution in [-0.4, -0.2) is 12.5 Å². The van der Waals surface area contributed by atoms with Gasteiger partial charge in [0.15, 0.2) is 0 Å². The highest BCUT2D eigenvalue weighted by molar-refractivity contribution is 5.83. The van der Waals surface area contributed by atoms with Gasteiger partial charge in [-0.05, 0) is 36.7 Å². The third kappa shape index (κ3) is 4.09. The monoisotopic (exact) mass is 273 g/mol. The lowest BCUT2D eigenvalue weighted by molar-refractivity contribution is -0.122. The molecule has 0 heterocycles. The molecule has 20 heavy (non-hydrogen) atoms. The highest BCUT2D eigenvalue weighted by Gasteiger charge is 2.22. The molecule has 1 saturated carbocycles. The van der Waals surface area contributed by atoms with Crippen molar-refractivity contribution in [3.8, 4) is 0 Å². The Labute approximate surface area is 123 Å². The normalized spacial score (nSPS) is 24.1. The summed E-state index contributed by atoms with van der Waals surface area (Å²) in [6.45, 7) is 5.27. The molecule has 1 aliphatic carbocycles. The fourth-order valence-electron chi connectivity index (χ4n) is 3.16. The Bertz CT molecular complexity index is 407. The topological polar surface area (TPSA) is 29.1 Å². The Morgan fingerprint density at radius 3 is 2.45 bits per heavy atom. The molecule has 1 atom stereocenters. The van der Waals surface area contributed by atoms with Gasteiger partial charge in [0.1, 0.15) is 0 Å². The SMILES string of the molecule is CCC(C(=O)NCC1CCC(C)CC1)c1ccccc1. The van der Waals surface area contributed by atoms with Crippen molar-refractivity contribution in [1.29, 1.82) is 0 Å². The minimum atomic E-state index is -0.00119. The zero-order valence-electron chi connectivity index (χ0n) is 12.8. The van der Waals surface area contributed by atoms with Crippen molar-refractivity contribution < 1.29 is 4.79 Å². The molecule has 1 amide bonds. The summed E-state index contributed by atoms with van der Waals surface area (Å²) in [4.78, 5) is 12.4. The number of hydrogen-bond acceptors (Lipinski definition) is 1. The zero-order valence-corrected chi connectivity index (χ0v) is 12.8. The number of carbonyl (C=O) groups is 1. The lowest BCUT2D eigenvalue weighted by Gasteiger charge is -2.27. The summed E-state index contributed by atoms with van der Waals surface area (Å²) in [6, 6.07) is 10.1. The van der Waals surface area contributed by atoms with Crippen LogP contribution in [0.3, 0.4) is 0 Å². The van der Waals surface area contributed by atoms with Gasteiger partial charge in [-0.25, -0.2) is 0 Å². The lowest BCUT2D eigenvalue weighted by atomic mass is 9.83. The van der Waals surface area contributed by atoms with Crippen LogP contribution < -0.4 is 5.32 Å². The third-order valence-electron chi connectivity index (χ3n) is 4.63. The summed E-state index contributed by atoms with van der Waals surface area (Å²) in [7, 11) is 0. The van der Waals surface area contributed by atoms with E-state index >= 15 is 0 Å². The highest BCUT2D eigenvalue weighted by atomic mass is 16.1. The van der Waals surface area contributed by atoms with Crippen LogP contribution in [0, 0.1) is 11.8 Å². The van der Waals surface area contributed by atoms with Crippen molar-refractivity contribution in [3.05, 3.63) is 35.9 Å². The first-order valence-corrected chi connectivity index (χ1v) is 8.03. The van der Waals surface area contributed by atoms with E-state index < -0.39 is 0 Å². The van der Waals surface area contributed by atoms with Gasteiger partial charge in [0.05, 0.1) is 5.92 Å². The number of carbonyl (C=O) groups excluding carboxylic acids is 1. The van der Waals surface area contributed by atoms with Gasteiger partial charge in [0.2, 0.25) is 5.91 Å². The number of rotatable bonds is 5. The van der Waals surface area contributed by atoms with E-state index in [0.29, 0.717) is 5.92 Å². The summed E-state index contributed by atoms with van der Waals surface area (Å²) in [5.74, 6) is 1.74. The average Bonchev–Trinajstić information content (AvgIpc) is 2.48. The van der Waals surface area contributed by atoms with Crippen LogP contribution >= 0.6 is 0 Å². The first kappa shape index (κ1) is 15.1. The largest absolute Gasteiger partial charge is 0.355 e. The quantitative estimate of drug-likeness (QED) is 0.859.